The average Bonchev–Trinajstić information content (AvgIpc) is 2.18. The molecule has 0 bridgehead atoms. The lowest BCUT2D eigenvalue weighted by Crippen LogP contribution is -2.28. The lowest BCUT2D eigenvalue weighted by atomic mass is 10.1. The second-order valence-electron chi connectivity index (χ2n) is 3.38. The monoisotopic (exact) mass is 226 g/mol. The fourth-order valence-corrected chi connectivity index (χ4v) is 1.41. The Morgan fingerprint density at radius 1 is 1.47 bits per heavy atom. The number of nitrogens with two attached hydrogens (primary N) is 1. The molecular formula is C11H15ClN2O. The van der Waals surface area contributed by atoms with Crippen LogP contribution in [-0.4, -0.2) is 12.5 Å². The zero-order valence-corrected chi connectivity index (χ0v) is 9.42. The topological polar surface area (TPSA) is 55.1 Å². The first-order valence-corrected chi connectivity index (χ1v) is 5.26. The molecule has 0 aliphatic carbocycles. The maximum absolute atomic E-state index is 11.3. The second kappa shape index (κ2) is 5.73. The van der Waals surface area contributed by atoms with E-state index in [1.165, 1.54) is 0 Å². The third kappa shape index (κ3) is 3.90. The Kier molecular flexibility index (Phi) is 4.59. The van der Waals surface area contributed by atoms with Gasteiger partial charge in [0.25, 0.3) is 0 Å². The summed E-state index contributed by atoms with van der Waals surface area (Å²) in [6.45, 7) is 2.30. The number of rotatable bonds is 4. The standard InChI is InChI=1S/C11H15ClN2O/c1-8(14-11(15)6-7-13)9-2-4-10(12)5-3-9/h2-5,8H,6-7,13H2,1H3,(H,14,15)/t8-/m0/s1. The average molecular weight is 227 g/mol. The summed E-state index contributed by atoms with van der Waals surface area (Å²) in [7, 11) is 0. The molecule has 3 N–H and O–H groups in total. The van der Waals surface area contributed by atoms with Crippen LogP contribution in [0.5, 0.6) is 0 Å². The van der Waals surface area contributed by atoms with Crippen molar-refractivity contribution in [2.75, 3.05) is 6.54 Å². The van der Waals surface area contributed by atoms with Crippen molar-refractivity contribution in [3.05, 3.63) is 34.9 Å². The summed E-state index contributed by atoms with van der Waals surface area (Å²) in [4.78, 5) is 11.3. The minimum atomic E-state index is -0.0278. The summed E-state index contributed by atoms with van der Waals surface area (Å²) < 4.78 is 0. The van der Waals surface area contributed by atoms with Crippen LogP contribution in [0.3, 0.4) is 0 Å². The summed E-state index contributed by atoms with van der Waals surface area (Å²) in [6.07, 6.45) is 0.359. The fourth-order valence-electron chi connectivity index (χ4n) is 1.28. The summed E-state index contributed by atoms with van der Waals surface area (Å²) in [5.41, 5.74) is 6.32. The Labute approximate surface area is 94.6 Å². The molecule has 1 aromatic carbocycles. The quantitative estimate of drug-likeness (QED) is 0.824. The first kappa shape index (κ1) is 12.0. The number of hydrogen-bond acceptors (Lipinski definition) is 2. The van der Waals surface area contributed by atoms with Gasteiger partial charge in [-0.3, -0.25) is 4.79 Å². The van der Waals surface area contributed by atoms with Crippen LogP contribution in [0.15, 0.2) is 24.3 Å². The highest BCUT2D eigenvalue weighted by Crippen LogP contribution is 2.15. The van der Waals surface area contributed by atoms with E-state index in [1.54, 1.807) is 0 Å². The van der Waals surface area contributed by atoms with Gasteiger partial charge in [-0.15, -0.1) is 0 Å². The van der Waals surface area contributed by atoms with E-state index < -0.39 is 0 Å². The van der Waals surface area contributed by atoms with Crippen molar-refractivity contribution >= 4 is 17.5 Å². The molecule has 0 fully saturated rings. The molecular weight excluding hydrogens is 212 g/mol. The van der Waals surface area contributed by atoms with Crippen molar-refractivity contribution in [2.24, 2.45) is 5.73 Å². The highest BCUT2D eigenvalue weighted by Gasteiger charge is 2.08. The van der Waals surface area contributed by atoms with Gasteiger partial charge in [-0.2, -0.15) is 0 Å². The van der Waals surface area contributed by atoms with Crippen molar-refractivity contribution in [1.82, 2.24) is 5.32 Å². The maximum atomic E-state index is 11.3. The van der Waals surface area contributed by atoms with Gasteiger partial charge in [-0.25, -0.2) is 0 Å². The Hall–Kier alpha value is -1.06. The normalized spacial score (nSPS) is 12.2. The molecule has 15 heavy (non-hydrogen) atoms. The number of carbonyl (C=O) groups excluding carboxylic acids is 1. The molecule has 0 aromatic heterocycles. The van der Waals surface area contributed by atoms with Crippen LogP contribution in [0.4, 0.5) is 0 Å². The van der Waals surface area contributed by atoms with Gasteiger partial charge in [-0.1, -0.05) is 23.7 Å². The van der Waals surface area contributed by atoms with E-state index in [2.05, 4.69) is 5.32 Å². The summed E-state index contributed by atoms with van der Waals surface area (Å²) in [5, 5.41) is 3.55. The van der Waals surface area contributed by atoms with Crippen molar-refractivity contribution in [2.45, 2.75) is 19.4 Å². The van der Waals surface area contributed by atoms with E-state index in [0.717, 1.165) is 5.56 Å². The van der Waals surface area contributed by atoms with Crippen LogP contribution in [0.2, 0.25) is 5.02 Å². The summed E-state index contributed by atoms with van der Waals surface area (Å²) >= 11 is 5.77. The molecule has 0 saturated heterocycles. The van der Waals surface area contributed by atoms with Crippen LogP contribution < -0.4 is 11.1 Å². The van der Waals surface area contributed by atoms with E-state index in [0.29, 0.717) is 18.0 Å². The van der Waals surface area contributed by atoms with E-state index in [4.69, 9.17) is 17.3 Å². The lowest BCUT2D eigenvalue weighted by molar-refractivity contribution is -0.121. The van der Waals surface area contributed by atoms with Gasteiger partial charge in [0.15, 0.2) is 0 Å². The Morgan fingerprint density at radius 2 is 2.07 bits per heavy atom. The van der Waals surface area contributed by atoms with Crippen molar-refractivity contribution in [3.63, 3.8) is 0 Å². The molecule has 0 aliphatic heterocycles. The number of carbonyl (C=O) groups is 1. The Morgan fingerprint density at radius 3 is 2.60 bits per heavy atom. The SMILES string of the molecule is C[C@H](NC(=O)CCN)c1ccc(Cl)cc1. The Balaban J connectivity index is 2.57. The first-order valence-electron chi connectivity index (χ1n) is 4.88. The molecule has 1 amide bonds. The zero-order valence-electron chi connectivity index (χ0n) is 8.66. The van der Waals surface area contributed by atoms with Gasteiger partial charge in [-0.05, 0) is 24.6 Å². The van der Waals surface area contributed by atoms with Crippen LogP contribution in [0.1, 0.15) is 24.9 Å². The van der Waals surface area contributed by atoms with E-state index in [9.17, 15) is 4.79 Å². The number of hydrogen-bond donors (Lipinski definition) is 2. The maximum Gasteiger partial charge on any atom is 0.221 e. The van der Waals surface area contributed by atoms with Gasteiger partial charge >= 0.3 is 0 Å². The first-order chi connectivity index (χ1) is 7.13. The van der Waals surface area contributed by atoms with Crippen LogP contribution in [0.25, 0.3) is 0 Å². The number of benzene rings is 1. The summed E-state index contributed by atoms with van der Waals surface area (Å²) in [5.74, 6) is -0.0278. The molecule has 1 aromatic rings. The van der Waals surface area contributed by atoms with Gasteiger partial charge in [0, 0.05) is 18.0 Å². The van der Waals surface area contributed by atoms with Gasteiger partial charge in [0.05, 0.1) is 6.04 Å². The molecule has 0 heterocycles. The third-order valence-corrected chi connectivity index (χ3v) is 2.37. The minimum Gasteiger partial charge on any atom is -0.350 e. The van der Waals surface area contributed by atoms with Crippen molar-refractivity contribution < 1.29 is 4.79 Å². The smallest absolute Gasteiger partial charge is 0.221 e. The molecule has 3 nitrogen and oxygen atoms in total. The molecule has 0 unspecified atom stereocenters. The molecule has 0 saturated carbocycles. The van der Waals surface area contributed by atoms with Crippen molar-refractivity contribution in [3.8, 4) is 0 Å². The molecule has 1 rings (SSSR count). The van der Waals surface area contributed by atoms with Gasteiger partial charge < -0.3 is 11.1 Å². The van der Waals surface area contributed by atoms with Crippen LogP contribution in [0, 0.1) is 0 Å². The van der Waals surface area contributed by atoms with Gasteiger partial charge in [0.2, 0.25) is 5.91 Å². The Bertz CT molecular complexity index is 324. The van der Waals surface area contributed by atoms with E-state index in [1.807, 2.05) is 31.2 Å². The number of amides is 1. The largest absolute Gasteiger partial charge is 0.350 e. The lowest BCUT2D eigenvalue weighted by Gasteiger charge is -2.13. The molecule has 0 spiro atoms. The van der Waals surface area contributed by atoms with Gasteiger partial charge in [0.1, 0.15) is 0 Å². The number of nitrogens with one attached hydrogen (secondary N) is 1. The van der Waals surface area contributed by atoms with E-state index >= 15 is 0 Å². The molecule has 1 atom stereocenters. The minimum absolute atomic E-state index is 0.0127. The molecule has 0 radical (unpaired) electrons. The molecule has 0 aliphatic rings. The summed E-state index contributed by atoms with van der Waals surface area (Å²) in [6, 6.07) is 7.40. The highest BCUT2D eigenvalue weighted by atomic mass is 35.5. The zero-order chi connectivity index (χ0) is 11.3. The molecule has 82 valence electrons. The third-order valence-electron chi connectivity index (χ3n) is 2.12. The van der Waals surface area contributed by atoms with Crippen LogP contribution >= 0.6 is 11.6 Å². The second-order valence-corrected chi connectivity index (χ2v) is 3.82. The number of halogens is 1. The van der Waals surface area contributed by atoms with E-state index in [-0.39, 0.29) is 11.9 Å². The van der Waals surface area contributed by atoms with Crippen LogP contribution in [-0.2, 0) is 4.79 Å². The fraction of sp³-hybridized carbons (Fsp3) is 0.364. The highest BCUT2D eigenvalue weighted by molar-refractivity contribution is 6.30. The molecule has 4 heteroatoms. The predicted molar refractivity (Wildman–Crippen MR) is 61.7 cm³/mol. The predicted octanol–water partition coefficient (Wildman–Crippen LogP) is 1.87. The van der Waals surface area contributed by atoms with Crippen molar-refractivity contribution in [1.29, 1.82) is 0 Å².